The van der Waals surface area contributed by atoms with Crippen LogP contribution in [0, 0.1) is 0 Å². The van der Waals surface area contributed by atoms with Gasteiger partial charge in [0.1, 0.15) is 17.6 Å². The molecule has 1 rings (SSSR count). The summed E-state index contributed by atoms with van der Waals surface area (Å²) in [5.74, 6) is 0.711. The number of hydrogen-bond acceptors (Lipinski definition) is 3. The van der Waals surface area contributed by atoms with E-state index in [1.807, 2.05) is 18.2 Å². The standard InChI is InChI=1S/C9H12ClNO3S/c10-8-15(12,13)11-6-7-14-9-4-2-1-3-5-9/h1-5,11H,6-8H2. The van der Waals surface area contributed by atoms with Crippen molar-refractivity contribution in [2.45, 2.75) is 0 Å². The van der Waals surface area contributed by atoms with Gasteiger partial charge in [0, 0.05) is 6.54 Å². The molecular formula is C9H12ClNO3S. The van der Waals surface area contributed by atoms with Crippen LogP contribution in [-0.2, 0) is 10.0 Å². The van der Waals surface area contributed by atoms with Crippen LogP contribution in [0.5, 0.6) is 5.75 Å². The normalized spacial score (nSPS) is 11.3. The van der Waals surface area contributed by atoms with Crippen LogP contribution in [0.2, 0.25) is 0 Å². The number of sulfonamides is 1. The lowest BCUT2D eigenvalue weighted by Gasteiger charge is -2.06. The fourth-order valence-electron chi connectivity index (χ4n) is 0.921. The summed E-state index contributed by atoms with van der Waals surface area (Å²) in [5.41, 5.74) is 0. The molecule has 0 aliphatic heterocycles. The summed E-state index contributed by atoms with van der Waals surface area (Å²) in [6.07, 6.45) is 0. The Hall–Kier alpha value is -0.780. The Morgan fingerprint density at radius 2 is 1.93 bits per heavy atom. The van der Waals surface area contributed by atoms with E-state index >= 15 is 0 Å². The third-order valence-corrected chi connectivity index (χ3v) is 3.37. The maximum atomic E-state index is 10.9. The minimum atomic E-state index is -3.34. The zero-order valence-electron chi connectivity index (χ0n) is 8.02. The molecule has 0 aliphatic carbocycles. The number of benzene rings is 1. The Morgan fingerprint density at radius 3 is 2.53 bits per heavy atom. The Balaban J connectivity index is 2.24. The van der Waals surface area contributed by atoms with Gasteiger partial charge in [-0.25, -0.2) is 13.1 Å². The Labute approximate surface area is 94.3 Å². The van der Waals surface area contributed by atoms with Crippen LogP contribution in [0.25, 0.3) is 0 Å². The van der Waals surface area contributed by atoms with Crippen molar-refractivity contribution in [3.05, 3.63) is 30.3 Å². The molecule has 0 aliphatic rings. The summed E-state index contributed by atoms with van der Waals surface area (Å²) < 4.78 is 29.4. The van der Waals surface area contributed by atoms with E-state index in [9.17, 15) is 8.42 Å². The van der Waals surface area contributed by atoms with E-state index in [4.69, 9.17) is 16.3 Å². The molecule has 0 radical (unpaired) electrons. The van der Waals surface area contributed by atoms with E-state index in [1.165, 1.54) is 0 Å². The van der Waals surface area contributed by atoms with Crippen molar-refractivity contribution >= 4 is 21.6 Å². The van der Waals surface area contributed by atoms with Crippen molar-refractivity contribution in [1.29, 1.82) is 0 Å². The van der Waals surface area contributed by atoms with Gasteiger partial charge in [0.2, 0.25) is 10.0 Å². The number of rotatable bonds is 6. The van der Waals surface area contributed by atoms with Gasteiger partial charge in [-0.2, -0.15) is 0 Å². The fourth-order valence-corrected chi connectivity index (χ4v) is 1.62. The zero-order valence-corrected chi connectivity index (χ0v) is 9.59. The van der Waals surface area contributed by atoms with E-state index in [0.717, 1.165) is 0 Å². The second-order valence-corrected chi connectivity index (χ2v) is 5.17. The first-order chi connectivity index (χ1) is 7.14. The summed E-state index contributed by atoms with van der Waals surface area (Å²) in [7, 11) is -3.34. The molecule has 84 valence electrons. The molecule has 15 heavy (non-hydrogen) atoms. The van der Waals surface area contributed by atoms with E-state index < -0.39 is 15.2 Å². The van der Waals surface area contributed by atoms with E-state index in [2.05, 4.69) is 4.72 Å². The van der Waals surface area contributed by atoms with Gasteiger partial charge in [-0.1, -0.05) is 18.2 Å². The molecule has 6 heteroatoms. The van der Waals surface area contributed by atoms with Crippen molar-refractivity contribution in [2.75, 3.05) is 18.4 Å². The maximum Gasteiger partial charge on any atom is 0.225 e. The Morgan fingerprint density at radius 1 is 1.27 bits per heavy atom. The van der Waals surface area contributed by atoms with Crippen LogP contribution in [0.15, 0.2) is 30.3 Å². The second kappa shape index (κ2) is 5.95. The van der Waals surface area contributed by atoms with E-state index in [0.29, 0.717) is 5.75 Å². The van der Waals surface area contributed by atoms with Gasteiger partial charge in [0.15, 0.2) is 0 Å². The molecule has 0 fully saturated rings. The average Bonchev–Trinajstić information content (AvgIpc) is 2.26. The van der Waals surface area contributed by atoms with Crippen LogP contribution in [0.3, 0.4) is 0 Å². The van der Waals surface area contributed by atoms with E-state index in [1.54, 1.807) is 12.1 Å². The lowest BCUT2D eigenvalue weighted by atomic mass is 10.3. The SMILES string of the molecule is O=S(=O)(CCl)NCCOc1ccccc1. The van der Waals surface area contributed by atoms with Gasteiger partial charge in [-0.3, -0.25) is 0 Å². The zero-order chi connectivity index (χ0) is 11.1. The summed E-state index contributed by atoms with van der Waals surface area (Å²) in [4.78, 5) is 0. The lowest BCUT2D eigenvalue weighted by Crippen LogP contribution is -2.28. The highest BCUT2D eigenvalue weighted by atomic mass is 35.5. The molecule has 0 atom stereocenters. The van der Waals surface area contributed by atoms with Crippen molar-refractivity contribution < 1.29 is 13.2 Å². The average molecular weight is 250 g/mol. The first-order valence-electron chi connectivity index (χ1n) is 4.35. The Kier molecular flexibility index (Phi) is 4.87. The highest BCUT2D eigenvalue weighted by molar-refractivity contribution is 7.90. The molecule has 0 heterocycles. The molecule has 0 unspecified atom stereocenters. The first-order valence-corrected chi connectivity index (χ1v) is 6.54. The fraction of sp³-hybridized carbons (Fsp3) is 0.333. The second-order valence-electron chi connectivity index (χ2n) is 2.78. The van der Waals surface area contributed by atoms with Gasteiger partial charge in [0.05, 0.1) is 0 Å². The van der Waals surface area contributed by atoms with Crippen LogP contribution in [-0.4, -0.2) is 26.8 Å². The molecule has 1 N–H and O–H groups in total. The molecular weight excluding hydrogens is 238 g/mol. The molecule has 0 saturated heterocycles. The van der Waals surface area contributed by atoms with Crippen LogP contribution in [0.1, 0.15) is 0 Å². The van der Waals surface area contributed by atoms with Crippen LogP contribution >= 0.6 is 11.6 Å². The Bertz CT molecular complexity index is 380. The van der Waals surface area contributed by atoms with E-state index in [-0.39, 0.29) is 13.2 Å². The van der Waals surface area contributed by atoms with Gasteiger partial charge in [-0.05, 0) is 12.1 Å². The number of ether oxygens (including phenoxy) is 1. The molecule has 0 amide bonds. The quantitative estimate of drug-likeness (QED) is 0.609. The number of para-hydroxylation sites is 1. The third-order valence-electron chi connectivity index (χ3n) is 1.58. The molecule has 0 spiro atoms. The number of nitrogens with one attached hydrogen (secondary N) is 1. The highest BCUT2D eigenvalue weighted by Crippen LogP contribution is 2.07. The lowest BCUT2D eigenvalue weighted by molar-refractivity contribution is 0.323. The predicted molar refractivity (Wildman–Crippen MR) is 59.6 cm³/mol. The molecule has 0 bridgehead atoms. The molecule has 1 aromatic carbocycles. The van der Waals surface area contributed by atoms with Crippen molar-refractivity contribution in [2.24, 2.45) is 0 Å². The summed E-state index contributed by atoms with van der Waals surface area (Å²) in [5, 5.41) is -0.432. The highest BCUT2D eigenvalue weighted by Gasteiger charge is 2.05. The minimum absolute atomic E-state index is 0.212. The minimum Gasteiger partial charge on any atom is -0.492 e. The topological polar surface area (TPSA) is 55.4 Å². The van der Waals surface area contributed by atoms with Gasteiger partial charge in [0.25, 0.3) is 0 Å². The summed E-state index contributed by atoms with van der Waals surface area (Å²) >= 11 is 5.20. The first kappa shape index (κ1) is 12.3. The van der Waals surface area contributed by atoms with Crippen LogP contribution in [0.4, 0.5) is 0 Å². The summed E-state index contributed by atoms with van der Waals surface area (Å²) in [6, 6.07) is 9.17. The molecule has 4 nitrogen and oxygen atoms in total. The van der Waals surface area contributed by atoms with Crippen molar-refractivity contribution in [3.8, 4) is 5.75 Å². The number of hydrogen-bond donors (Lipinski definition) is 1. The molecule has 0 aromatic heterocycles. The number of alkyl halides is 1. The van der Waals surface area contributed by atoms with Crippen molar-refractivity contribution in [1.82, 2.24) is 4.72 Å². The third kappa shape index (κ3) is 5.01. The maximum absolute atomic E-state index is 10.9. The van der Waals surface area contributed by atoms with Crippen molar-refractivity contribution in [3.63, 3.8) is 0 Å². The van der Waals surface area contributed by atoms with Gasteiger partial charge >= 0.3 is 0 Å². The molecule has 0 saturated carbocycles. The largest absolute Gasteiger partial charge is 0.492 e. The van der Waals surface area contributed by atoms with Crippen LogP contribution < -0.4 is 9.46 Å². The molecule has 1 aromatic rings. The van der Waals surface area contributed by atoms with Gasteiger partial charge < -0.3 is 4.74 Å². The van der Waals surface area contributed by atoms with Gasteiger partial charge in [-0.15, -0.1) is 11.6 Å². The predicted octanol–water partition coefficient (Wildman–Crippen LogP) is 1.18. The smallest absolute Gasteiger partial charge is 0.225 e. The monoisotopic (exact) mass is 249 g/mol. The summed E-state index contributed by atoms with van der Waals surface area (Å²) in [6.45, 7) is 0.490. The number of halogens is 1.